The minimum atomic E-state index is -0.987. The van der Waals surface area contributed by atoms with Gasteiger partial charge in [0.1, 0.15) is 6.10 Å². The normalized spacial score (nSPS) is 19.3. The standard InChI is InChI=1S/C23H22N2O3.C23H22N2O.C22H18N2O3.C21H19IN2O.C8H15BO2/c1-4-13-8-16-17(9-15(13)19(27)11-26)23(2,3)22-20(21(16)28)14-6-5-12(10-24)7-18(14)25-22;1-5-14-10-17-18(11-15(14)6-2)23(3,4)22-20(21(17)26)16-8-7-13(12-24)9-19(16)25-22;1-4-12-8-15-16(9-14(12)21(26)27)22(2,3)20-18(19(15)25)13-6-5-11(10-23)7-17(13)24-20;1-4-12-8-14-15(9-16(12)22)21(2,3)20-18(19(14)25)13-6-5-11(10-23)7-17(13)24-20;1-6-9-10-7(2,3)8(4,5)11-9/h5-9,19,25-27H,4,11H2,1-3H3;6-11,20,22,25H,2,5H2,1,3-4H3;5-9,24H,4H2,1-3H3,(H,26,27);5-9,18,20,24H,4H2,1-3H3;6H,1H2,2-5H3/t19-;;;;/m0..../s1. The van der Waals surface area contributed by atoms with Crippen LogP contribution in [0.1, 0.15) is 292 Å². The number of aromatic amines is 2. The molecule has 10 aromatic rings. The number of anilines is 2. The molecule has 4 unspecified atom stereocenters. The summed E-state index contributed by atoms with van der Waals surface area (Å²) in [6.45, 7) is 40.2. The number of aliphatic hydroxyl groups is 2. The maximum Gasteiger partial charge on any atom is 0.486 e. The smallest absolute Gasteiger partial charge is 0.478 e. The van der Waals surface area contributed by atoms with Gasteiger partial charge in [0.25, 0.3) is 0 Å². The average Bonchev–Trinajstić information content (AvgIpc) is 1.65. The first-order valence-corrected chi connectivity index (χ1v) is 40.8. The number of aryl methyl sites for hydroxylation is 4. The van der Waals surface area contributed by atoms with E-state index in [2.05, 4.69) is 146 Å². The van der Waals surface area contributed by atoms with Gasteiger partial charge in [-0.15, -0.1) is 6.58 Å². The van der Waals surface area contributed by atoms with E-state index < -0.39 is 22.9 Å². The van der Waals surface area contributed by atoms with Crippen molar-refractivity contribution in [2.24, 2.45) is 0 Å². The van der Waals surface area contributed by atoms with Gasteiger partial charge in [-0.1, -0.05) is 138 Å². The highest BCUT2D eigenvalue weighted by Crippen LogP contribution is 2.55. The fourth-order valence-electron chi connectivity index (χ4n) is 18.3. The second-order valence-electron chi connectivity index (χ2n) is 34.3. The lowest BCUT2D eigenvalue weighted by molar-refractivity contribution is 0.00578. The number of carbonyl (C=O) groups excluding carboxylic acids is 4. The number of aromatic nitrogens is 2. The number of nitrogens with one attached hydrogen (secondary N) is 4. The molecule has 4 aliphatic carbocycles. The summed E-state index contributed by atoms with van der Waals surface area (Å²) in [5.41, 5.74) is 21.1. The summed E-state index contributed by atoms with van der Waals surface area (Å²) in [4.78, 5) is 72.0. The summed E-state index contributed by atoms with van der Waals surface area (Å²) in [7, 11) is -0.250. The number of Topliss-reactive ketones (excluding diaryl/α,β-unsaturated/α-hetero) is 2. The number of benzene rings is 8. The number of H-pyrrole nitrogens is 2. The van der Waals surface area contributed by atoms with E-state index in [4.69, 9.17) is 19.8 Å². The SMILES string of the molecule is C=CB1OC(C)(C)C(C)(C)O1.C=Cc1cc2c(cc1CC)C(=O)C1c3ccc(C#N)cc3NC1C2(C)C.CCc1cc2c(cc1C(=O)O)C(C)(C)c1[nH]c3cc(C#N)ccc3c1C2=O.CCc1cc2c(cc1I)C(C)(C)C1Nc3cc(C#N)ccc3C1C2=O.CCc1cc2c(cc1[C@@H](O)CO)C(C)(C)c1[nH]c3cc(C#N)ccc3c1C2=O. The number of hydrogen-bond donors (Lipinski definition) is 7. The number of fused-ring (bicyclic) bond motifs is 16. The zero-order valence-electron chi connectivity index (χ0n) is 69.0. The zero-order chi connectivity index (χ0) is 85.0. The first-order valence-electron chi connectivity index (χ1n) is 39.7. The summed E-state index contributed by atoms with van der Waals surface area (Å²) in [6, 6.07) is 46.0. The lowest BCUT2D eigenvalue weighted by Crippen LogP contribution is -2.48. The number of nitriles is 4. The Bertz CT molecular complexity index is 6090. The van der Waals surface area contributed by atoms with E-state index >= 15 is 0 Å². The van der Waals surface area contributed by atoms with E-state index in [1.807, 2.05) is 124 Å². The van der Waals surface area contributed by atoms with Crippen LogP contribution in [0.3, 0.4) is 0 Å². The van der Waals surface area contributed by atoms with Crippen LogP contribution in [-0.2, 0) is 56.7 Å². The van der Waals surface area contributed by atoms with Gasteiger partial charge in [0.15, 0.2) is 23.1 Å². The van der Waals surface area contributed by atoms with E-state index in [-0.39, 0.29) is 88.4 Å². The van der Waals surface area contributed by atoms with Crippen molar-refractivity contribution in [2.75, 3.05) is 17.2 Å². The molecule has 2 aromatic heterocycles. The third-order valence-corrected chi connectivity index (χ3v) is 26.7. The molecule has 117 heavy (non-hydrogen) atoms. The summed E-state index contributed by atoms with van der Waals surface area (Å²) in [6.07, 6.45) is 3.88. The highest BCUT2D eigenvalue weighted by Gasteiger charge is 2.54. The molecule has 1 saturated heterocycles. The van der Waals surface area contributed by atoms with E-state index in [9.17, 15) is 49.8 Å². The van der Waals surface area contributed by atoms with Gasteiger partial charge in [0, 0.05) is 104 Å². The van der Waals surface area contributed by atoms with Crippen molar-refractivity contribution in [1.82, 2.24) is 9.97 Å². The molecule has 5 heterocycles. The zero-order valence-corrected chi connectivity index (χ0v) is 71.1. The van der Waals surface area contributed by atoms with Gasteiger partial charge in [-0.05, 0) is 228 Å². The number of carboxylic acids is 1. The second kappa shape index (κ2) is 30.9. The number of rotatable bonds is 9. The Balaban J connectivity index is 0.000000130. The maximum absolute atomic E-state index is 13.4. The molecule has 594 valence electrons. The van der Waals surface area contributed by atoms with Crippen LogP contribution >= 0.6 is 22.6 Å². The third kappa shape index (κ3) is 13.9. The van der Waals surface area contributed by atoms with Crippen molar-refractivity contribution in [2.45, 2.75) is 199 Å². The fraction of sp³-hybridized carbons (Fsp3) is 0.330. The van der Waals surface area contributed by atoms with Gasteiger partial charge in [0.05, 0.1) is 92.9 Å². The Morgan fingerprint density at radius 1 is 0.530 bits per heavy atom. The molecule has 17 rings (SSSR count). The molecule has 0 radical (unpaired) electrons. The van der Waals surface area contributed by atoms with Crippen molar-refractivity contribution in [3.05, 3.63) is 283 Å². The highest BCUT2D eigenvalue weighted by atomic mass is 127. The third-order valence-electron chi connectivity index (χ3n) is 25.7. The monoisotopic (exact) mass is 1670 g/mol. The molecule has 0 amide bonds. The Labute approximate surface area is 697 Å². The van der Waals surface area contributed by atoms with Crippen LogP contribution in [0, 0.1) is 48.9 Å². The molecule has 20 heteroatoms. The van der Waals surface area contributed by atoms with Crippen LogP contribution < -0.4 is 10.6 Å². The van der Waals surface area contributed by atoms with Gasteiger partial charge in [0.2, 0.25) is 0 Å². The van der Waals surface area contributed by atoms with E-state index in [1.54, 1.807) is 54.5 Å². The molecule has 8 aromatic carbocycles. The minimum absolute atomic E-state index is 0.0136. The Kier molecular flexibility index (Phi) is 22.1. The lowest BCUT2D eigenvalue weighted by atomic mass is 9.63. The number of nitrogens with zero attached hydrogens (tertiary/aromatic N) is 4. The van der Waals surface area contributed by atoms with Gasteiger partial charge in [-0.3, -0.25) is 19.2 Å². The Morgan fingerprint density at radius 3 is 1.33 bits per heavy atom. The van der Waals surface area contributed by atoms with Crippen LogP contribution in [0.4, 0.5) is 11.4 Å². The van der Waals surface area contributed by atoms with Crippen molar-refractivity contribution < 1.29 is 48.6 Å². The minimum Gasteiger partial charge on any atom is -0.478 e. The molecule has 0 bridgehead atoms. The Morgan fingerprint density at radius 2 is 0.932 bits per heavy atom. The number of carboxylic acid groups (broad SMARTS) is 1. The summed E-state index contributed by atoms with van der Waals surface area (Å²) >= 11 is 2.37. The predicted octanol–water partition coefficient (Wildman–Crippen LogP) is 19.1. The number of aromatic carboxylic acids is 1. The topological polar surface area (TPSA) is 315 Å². The predicted molar refractivity (Wildman–Crippen MR) is 466 cm³/mol. The van der Waals surface area contributed by atoms with E-state index in [0.29, 0.717) is 74.0 Å². The molecular formula is C97H96BIN8O10. The van der Waals surface area contributed by atoms with E-state index in [1.165, 1.54) is 9.13 Å². The first-order chi connectivity index (χ1) is 55.3. The Hall–Kier alpha value is -11.3. The lowest BCUT2D eigenvalue weighted by Gasteiger charge is -2.42. The summed E-state index contributed by atoms with van der Waals surface area (Å²) in [5, 5.41) is 74.7. The van der Waals surface area contributed by atoms with Gasteiger partial charge < -0.3 is 45.2 Å². The quantitative estimate of drug-likeness (QED) is 0.0522. The van der Waals surface area contributed by atoms with Crippen LogP contribution in [0.25, 0.3) is 27.9 Å². The van der Waals surface area contributed by atoms with Gasteiger partial charge in [-0.25, -0.2) is 4.79 Å². The number of halogens is 1. The van der Waals surface area contributed by atoms with Crippen LogP contribution in [0.5, 0.6) is 0 Å². The van der Waals surface area contributed by atoms with Crippen LogP contribution in [-0.4, -0.2) is 91.4 Å². The molecule has 5 atom stereocenters. The molecule has 0 saturated carbocycles. The number of carbonyl (C=O) groups is 5. The summed E-state index contributed by atoms with van der Waals surface area (Å²) in [5.74, 6) is 0.499. The van der Waals surface area contributed by atoms with Crippen molar-refractivity contribution in [3.63, 3.8) is 0 Å². The molecule has 1 fully saturated rings. The second-order valence-corrected chi connectivity index (χ2v) is 35.5. The maximum atomic E-state index is 13.4. The first kappa shape index (κ1) is 83.6. The number of ketones is 4. The molecule has 0 spiro atoms. The van der Waals surface area contributed by atoms with Crippen LogP contribution in [0.15, 0.2) is 140 Å². The van der Waals surface area contributed by atoms with Crippen molar-refractivity contribution >= 4 is 98.1 Å². The van der Waals surface area contributed by atoms with Gasteiger partial charge >= 0.3 is 13.1 Å². The molecule has 18 nitrogen and oxygen atoms in total. The molecule has 7 N–H and O–H groups in total. The molecule has 3 aliphatic heterocycles. The average molecular weight is 1670 g/mol. The summed E-state index contributed by atoms with van der Waals surface area (Å²) < 4.78 is 12.4. The van der Waals surface area contributed by atoms with Crippen LogP contribution in [0.2, 0.25) is 0 Å². The molecule has 7 aliphatic rings. The fourth-order valence-corrected chi connectivity index (χ4v) is 19.1. The highest BCUT2D eigenvalue weighted by molar-refractivity contribution is 14.1. The largest absolute Gasteiger partial charge is 0.486 e. The number of hydrogen-bond acceptors (Lipinski definition) is 15. The van der Waals surface area contributed by atoms with Gasteiger partial charge in [-0.2, -0.15) is 21.0 Å². The van der Waals surface area contributed by atoms with Crippen molar-refractivity contribution in [1.29, 1.82) is 21.0 Å². The number of aliphatic hydroxyl groups excluding tert-OH is 2. The van der Waals surface area contributed by atoms with Crippen molar-refractivity contribution in [3.8, 4) is 24.3 Å². The molecular weight excluding hydrogens is 1570 g/mol. The van der Waals surface area contributed by atoms with E-state index in [0.717, 1.165) is 113 Å².